The zero-order chi connectivity index (χ0) is 7.72. The lowest BCUT2D eigenvalue weighted by molar-refractivity contribution is -0.140. The molecule has 58 valence electrons. The number of hydrogen-bond acceptors (Lipinski definition) is 2. The van der Waals surface area contributed by atoms with E-state index in [9.17, 15) is 4.79 Å². The highest BCUT2D eigenvalue weighted by Crippen LogP contribution is 2.28. The summed E-state index contributed by atoms with van der Waals surface area (Å²) in [6.45, 7) is 6.22. The first kappa shape index (κ1) is 7.58. The van der Waals surface area contributed by atoms with E-state index in [4.69, 9.17) is 4.74 Å². The maximum Gasteiger partial charge on any atom is 0.306 e. The van der Waals surface area contributed by atoms with Crippen molar-refractivity contribution < 1.29 is 9.53 Å². The van der Waals surface area contributed by atoms with Crippen LogP contribution < -0.4 is 0 Å². The highest BCUT2D eigenvalue weighted by atomic mass is 16.5. The Morgan fingerprint density at radius 1 is 1.60 bits per heavy atom. The summed E-state index contributed by atoms with van der Waals surface area (Å²) >= 11 is 0. The fraction of sp³-hybridized carbons (Fsp3) is 0.875. The molecule has 2 nitrogen and oxygen atoms in total. The highest BCUT2D eigenvalue weighted by Gasteiger charge is 2.33. The summed E-state index contributed by atoms with van der Waals surface area (Å²) in [7, 11) is 0. The van der Waals surface area contributed by atoms with Crippen molar-refractivity contribution in [2.24, 2.45) is 11.8 Å². The van der Waals surface area contributed by atoms with Gasteiger partial charge in [0, 0.05) is 5.92 Å². The number of esters is 1. The molecule has 0 aliphatic carbocycles. The minimum absolute atomic E-state index is 0.0359. The van der Waals surface area contributed by atoms with Crippen molar-refractivity contribution in [3.05, 3.63) is 0 Å². The largest absolute Gasteiger partial charge is 0.462 e. The van der Waals surface area contributed by atoms with Crippen LogP contribution in [0.1, 0.15) is 27.2 Å². The first-order chi connectivity index (χ1) is 4.61. The first-order valence-electron chi connectivity index (χ1n) is 3.80. The SMILES string of the molecule is CC(C)[C@@H]1CC(=O)O[C@@H]1C. The normalized spacial score (nSPS) is 33.0. The Morgan fingerprint density at radius 2 is 2.20 bits per heavy atom. The van der Waals surface area contributed by atoms with Gasteiger partial charge < -0.3 is 4.74 Å². The molecule has 0 unspecified atom stereocenters. The van der Waals surface area contributed by atoms with E-state index in [0.29, 0.717) is 18.3 Å². The Bertz CT molecular complexity index is 140. The van der Waals surface area contributed by atoms with Gasteiger partial charge in [0.05, 0.1) is 6.42 Å². The average molecular weight is 142 g/mol. The fourth-order valence-corrected chi connectivity index (χ4v) is 1.48. The molecule has 0 radical (unpaired) electrons. The Balaban J connectivity index is 2.54. The molecular weight excluding hydrogens is 128 g/mol. The molecule has 1 rings (SSSR count). The van der Waals surface area contributed by atoms with Gasteiger partial charge in [0.25, 0.3) is 0 Å². The van der Waals surface area contributed by atoms with Gasteiger partial charge in [-0.25, -0.2) is 0 Å². The van der Waals surface area contributed by atoms with Gasteiger partial charge >= 0.3 is 5.97 Å². The molecule has 1 aliphatic rings. The summed E-state index contributed by atoms with van der Waals surface area (Å²) in [5.41, 5.74) is 0. The zero-order valence-electron chi connectivity index (χ0n) is 6.76. The molecule has 0 amide bonds. The van der Waals surface area contributed by atoms with E-state index in [2.05, 4.69) is 13.8 Å². The van der Waals surface area contributed by atoms with E-state index in [0.717, 1.165) is 0 Å². The molecule has 0 aromatic carbocycles. The van der Waals surface area contributed by atoms with Crippen LogP contribution in [0.5, 0.6) is 0 Å². The lowest BCUT2D eigenvalue weighted by Gasteiger charge is -2.15. The Hall–Kier alpha value is -0.530. The topological polar surface area (TPSA) is 26.3 Å². The van der Waals surface area contributed by atoms with Gasteiger partial charge in [0.15, 0.2) is 0 Å². The molecule has 10 heavy (non-hydrogen) atoms. The van der Waals surface area contributed by atoms with Crippen molar-refractivity contribution in [3.8, 4) is 0 Å². The molecular formula is C8H14O2. The predicted octanol–water partition coefficient (Wildman–Crippen LogP) is 1.59. The fourth-order valence-electron chi connectivity index (χ4n) is 1.48. The van der Waals surface area contributed by atoms with Gasteiger partial charge in [-0.2, -0.15) is 0 Å². The number of cyclic esters (lactones) is 1. The van der Waals surface area contributed by atoms with Crippen molar-refractivity contribution in [1.82, 2.24) is 0 Å². The standard InChI is InChI=1S/C8H14O2/c1-5(2)7-4-8(9)10-6(7)3/h5-7H,4H2,1-3H3/t6-,7+/m1/s1. The number of carbonyl (C=O) groups excluding carboxylic acids is 1. The summed E-state index contributed by atoms with van der Waals surface area (Å²) < 4.78 is 5.00. The molecule has 1 aliphatic heterocycles. The molecule has 2 atom stereocenters. The van der Waals surface area contributed by atoms with Gasteiger partial charge in [-0.05, 0) is 12.8 Å². The van der Waals surface area contributed by atoms with Crippen molar-refractivity contribution in [3.63, 3.8) is 0 Å². The number of hydrogen-bond donors (Lipinski definition) is 0. The smallest absolute Gasteiger partial charge is 0.306 e. The second kappa shape index (κ2) is 2.60. The van der Waals surface area contributed by atoms with E-state index in [-0.39, 0.29) is 12.1 Å². The molecule has 0 aromatic heterocycles. The molecule has 0 bridgehead atoms. The average Bonchev–Trinajstić information content (AvgIpc) is 2.10. The van der Waals surface area contributed by atoms with Crippen LogP contribution in [0.15, 0.2) is 0 Å². The summed E-state index contributed by atoms with van der Waals surface area (Å²) in [5.74, 6) is 0.958. The highest BCUT2D eigenvalue weighted by molar-refractivity contribution is 5.72. The van der Waals surface area contributed by atoms with Crippen molar-refractivity contribution in [2.45, 2.75) is 33.3 Å². The summed E-state index contributed by atoms with van der Waals surface area (Å²) in [6.07, 6.45) is 0.742. The Kier molecular flexibility index (Phi) is 1.97. The Labute approximate surface area is 61.6 Å². The molecule has 0 saturated carbocycles. The lowest BCUT2D eigenvalue weighted by Crippen LogP contribution is -2.16. The van der Waals surface area contributed by atoms with E-state index in [1.54, 1.807) is 0 Å². The summed E-state index contributed by atoms with van der Waals surface area (Å²) in [4.78, 5) is 10.7. The summed E-state index contributed by atoms with van der Waals surface area (Å²) in [5, 5.41) is 0. The number of ether oxygens (including phenoxy) is 1. The van der Waals surface area contributed by atoms with E-state index < -0.39 is 0 Å². The van der Waals surface area contributed by atoms with Crippen LogP contribution in [-0.2, 0) is 9.53 Å². The lowest BCUT2D eigenvalue weighted by atomic mass is 9.90. The maximum absolute atomic E-state index is 10.7. The third-order valence-corrected chi connectivity index (χ3v) is 2.18. The Morgan fingerprint density at radius 3 is 2.40 bits per heavy atom. The van der Waals surface area contributed by atoms with Gasteiger partial charge in [0.1, 0.15) is 6.10 Å². The van der Waals surface area contributed by atoms with Crippen LogP contribution in [0, 0.1) is 11.8 Å². The maximum atomic E-state index is 10.7. The first-order valence-corrected chi connectivity index (χ1v) is 3.80. The number of rotatable bonds is 1. The number of carbonyl (C=O) groups is 1. The van der Waals surface area contributed by atoms with Crippen LogP contribution >= 0.6 is 0 Å². The quantitative estimate of drug-likeness (QED) is 0.520. The van der Waals surface area contributed by atoms with Crippen molar-refractivity contribution in [2.75, 3.05) is 0 Å². The minimum Gasteiger partial charge on any atom is -0.462 e. The monoisotopic (exact) mass is 142 g/mol. The molecule has 0 aromatic rings. The molecule has 2 heteroatoms. The van der Waals surface area contributed by atoms with Crippen LogP contribution in [-0.4, -0.2) is 12.1 Å². The van der Waals surface area contributed by atoms with E-state index in [1.165, 1.54) is 0 Å². The van der Waals surface area contributed by atoms with Gasteiger partial charge in [-0.1, -0.05) is 13.8 Å². The zero-order valence-corrected chi connectivity index (χ0v) is 6.76. The van der Waals surface area contributed by atoms with Crippen molar-refractivity contribution >= 4 is 5.97 Å². The molecule has 1 saturated heterocycles. The second-order valence-electron chi connectivity index (χ2n) is 3.31. The molecule has 1 fully saturated rings. The van der Waals surface area contributed by atoms with Crippen LogP contribution in [0.4, 0.5) is 0 Å². The third-order valence-electron chi connectivity index (χ3n) is 2.18. The molecule has 1 heterocycles. The van der Waals surface area contributed by atoms with Gasteiger partial charge in [-0.3, -0.25) is 4.79 Å². The second-order valence-corrected chi connectivity index (χ2v) is 3.31. The van der Waals surface area contributed by atoms with Crippen LogP contribution in [0.25, 0.3) is 0 Å². The van der Waals surface area contributed by atoms with Crippen LogP contribution in [0.3, 0.4) is 0 Å². The van der Waals surface area contributed by atoms with Crippen molar-refractivity contribution in [1.29, 1.82) is 0 Å². The molecule has 0 spiro atoms. The van der Waals surface area contributed by atoms with E-state index >= 15 is 0 Å². The molecule has 0 N–H and O–H groups in total. The minimum atomic E-state index is -0.0359. The van der Waals surface area contributed by atoms with E-state index in [1.807, 2.05) is 6.92 Å². The van der Waals surface area contributed by atoms with Gasteiger partial charge in [-0.15, -0.1) is 0 Å². The third kappa shape index (κ3) is 1.31. The summed E-state index contributed by atoms with van der Waals surface area (Å²) in [6, 6.07) is 0. The predicted molar refractivity (Wildman–Crippen MR) is 38.5 cm³/mol. The van der Waals surface area contributed by atoms with Gasteiger partial charge in [0.2, 0.25) is 0 Å². The van der Waals surface area contributed by atoms with Crippen LogP contribution in [0.2, 0.25) is 0 Å².